The molecule has 0 unspecified atom stereocenters. The number of guanidine groups is 2. The van der Waals surface area contributed by atoms with Crippen molar-refractivity contribution >= 4 is 47.7 Å². The van der Waals surface area contributed by atoms with Crippen LogP contribution in [0.25, 0.3) is 0 Å². The summed E-state index contributed by atoms with van der Waals surface area (Å²) in [5.74, 6) is -7.91. The molecule has 72 heavy (non-hydrogen) atoms. The van der Waals surface area contributed by atoms with Gasteiger partial charge in [-0.25, -0.2) is 9.59 Å². The molecule has 6 amide bonds. The van der Waals surface area contributed by atoms with Crippen LogP contribution in [-0.2, 0) is 57.1 Å². The van der Waals surface area contributed by atoms with Crippen molar-refractivity contribution < 1.29 is 76.1 Å². The number of ether oxygens (including phenoxy) is 10. The first-order chi connectivity index (χ1) is 34.0. The first-order valence-electron chi connectivity index (χ1n) is 23.6. The number of carbonyl (C=O) groups is 6. The molecule has 10 N–H and O–H groups in total. The SMILES string of the molecule is CC(=O)N[C@@H](CCCN=C(N)N)C(=O)N(C(=O)OC(C)(C)C)C1(N(C(=O)OC(C)(C)C)C(=O)[C@H](CCCN=C(N)N)NC(C)=O)COCCOCCOCCOCCOCCOCCOc2ccccc2O1. The second-order valence-electron chi connectivity index (χ2n) is 18.0. The van der Waals surface area contributed by atoms with Crippen molar-refractivity contribution in [2.45, 2.75) is 110 Å². The van der Waals surface area contributed by atoms with E-state index in [1.807, 2.05) is 0 Å². The fourth-order valence-corrected chi connectivity index (χ4v) is 6.44. The number of rotatable bonds is 14. The molecule has 0 saturated carbocycles. The fourth-order valence-electron chi connectivity index (χ4n) is 6.44. The number of nitrogens with two attached hydrogens (primary N) is 4. The Morgan fingerprint density at radius 1 is 0.583 bits per heavy atom. The second-order valence-corrected chi connectivity index (χ2v) is 18.0. The Hall–Kier alpha value is -6.06. The predicted octanol–water partition coefficient (Wildman–Crippen LogP) is 0.855. The summed E-state index contributed by atoms with van der Waals surface area (Å²) >= 11 is 0. The Bertz CT molecular complexity index is 1830. The molecule has 26 nitrogen and oxygen atoms in total. The number of hydrogen-bond acceptors (Lipinski definition) is 18. The van der Waals surface area contributed by atoms with E-state index in [4.69, 9.17) is 70.3 Å². The maximum Gasteiger partial charge on any atom is 0.422 e. The molecule has 1 aromatic rings. The minimum absolute atomic E-state index is 0.0239. The average molecular weight is 1030 g/mol. The third-order valence-electron chi connectivity index (χ3n) is 9.29. The highest BCUT2D eigenvalue weighted by atomic mass is 16.6. The Kier molecular flexibility index (Phi) is 27.7. The molecule has 2 rings (SSSR count). The van der Waals surface area contributed by atoms with Crippen LogP contribution < -0.4 is 43.0 Å². The molecule has 0 aromatic heterocycles. The fraction of sp³-hybridized carbons (Fsp3) is 0.696. The van der Waals surface area contributed by atoms with E-state index in [2.05, 4.69) is 20.6 Å². The lowest BCUT2D eigenvalue weighted by molar-refractivity contribution is -0.215. The van der Waals surface area contributed by atoms with Crippen LogP contribution in [-0.4, -0.2) is 186 Å². The zero-order chi connectivity index (χ0) is 53.7. The van der Waals surface area contributed by atoms with Gasteiger partial charge in [-0.1, -0.05) is 12.1 Å². The number of fused-ring (bicyclic) bond motifs is 1. The van der Waals surface area contributed by atoms with E-state index in [0.717, 1.165) is 13.8 Å². The lowest BCUT2D eigenvalue weighted by Gasteiger charge is -2.48. The standard InChI is InChI=1S/C46H78N10O16/c1-32(57)53-34(13-11-17-51-40(47)48)38(59)55(42(61)71-44(3,4)5)46(56(43(62)72-45(6,7)8)39(60)35(54-33(2)58)14-12-18-52-41(49)50)31-68-28-27-66-24-23-64-20-19-63-21-22-65-25-26-67-29-30-69-36-15-9-10-16-37(36)70-46/h9-10,15-16,34-35H,11-14,17-31H2,1-8H3,(H,53,57)(H,54,58)(H4,47,48,51)(H4,49,50,52)/t34-,35-/m0/s1. The molecule has 0 aliphatic carbocycles. The summed E-state index contributed by atoms with van der Waals surface area (Å²) in [5.41, 5.74) is 19.5. The van der Waals surface area contributed by atoms with Crippen LogP contribution in [0, 0.1) is 0 Å². The molecule has 408 valence electrons. The molecular formula is C46H78N10O16. The van der Waals surface area contributed by atoms with Gasteiger partial charge in [0.2, 0.25) is 11.8 Å². The second kappa shape index (κ2) is 32.1. The first kappa shape index (κ1) is 62.1. The van der Waals surface area contributed by atoms with Gasteiger partial charge in [-0.2, -0.15) is 9.80 Å². The van der Waals surface area contributed by atoms with Gasteiger partial charge < -0.3 is 80.9 Å². The highest BCUT2D eigenvalue weighted by molar-refractivity contribution is 6.02. The van der Waals surface area contributed by atoms with Crippen molar-refractivity contribution in [3.8, 4) is 11.5 Å². The van der Waals surface area contributed by atoms with Crippen LogP contribution in [0.2, 0.25) is 0 Å². The average Bonchev–Trinajstić information content (AvgIpc) is 3.26. The van der Waals surface area contributed by atoms with Gasteiger partial charge in [-0.05, 0) is 79.4 Å². The van der Waals surface area contributed by atoms with Gasteiger partial charge in [0.15, 0.2) is 23.4 Å². The van der Waals surface area contributed by atoms with Crippen molar-refractivity contribution in [3.05, 3.63) is 24.3 Å². The molecule has 0 radical (unpaired) electrons. The van der Waals surface area contributed by atoms with Crippen molar-refractivity contribution in [1.29, 1.82) is 0 Å². The quantitative estimate of drug-likeness (QED) is 0.0651. The van der Waals surface area contributed by atoms with E-state index >= 15 is 19.2 Å². The highest BCUT2D eigenvalue weighted by Gasteiger charge is 2.60. The van der Waals surface area contributed by atoms with E-state index in [0.29, 0.717) is 29.6 Å². The minimum Gasteiger partial charge on any atom is -0.487 e. The third-order valence-corrected chi connectivity index (χ3v) is 9.29. The van der Waals surface area contributed by atoms with Crippen LogP contribution >= 0.6 is 0 Å². The summed E-state index contributed by atoms with van der Waals surface area (Å²) in [5, 5.41) is 5.12. The maximum absolute atomic E-state index is 15.7. The first-order valence-corrected chi connectivity index (χ1v) is 23.6. The number of nitrogens with zero attached hydrogens (tertiary/aromatic N) is 4. The van der Waals surface area contributed by atoms with Crippen molar-refractivity contribution in [2.75, 3.05) is 99.0 Å². The van der Waals surface area contributed by atoms with Crippen molar-refractivity contribution in [1.82, 2.24) is 20.4 Å². The molecule has 0 bridgehead atoms. The van der Waals surface area contributed by atoms with Gasteiger partial charge in [-0.15, -0.1) is 0 Å². The zero-order valence-electron chi connectivity index (χ0n) is 43.0. The summed E-state index contributed by atoms with van der Waals surface area (Å²) in [4.78, 5) is 96.4. The molecule has 1 aromatic carbocycles. The molecule has 0 fully saturated rings. The van der Waals surface area contributed by atoms with E-state index in [1.165, 1.54) is 59.7 Å². The summed E-state index contributed by atoms with van der Waals surface area (Å²) in [6.07, 6.45) is -3.32. The molecular weight excluding hydrogens is 949 g/mol. The molecule has 0 spiro atoms. The van der Waals surface area contributed by atoms with Crippen LogP contribution in [0.1, 0.15) is 81.1 Å². The summed E-state index contributed by atoms with van der Waals surface area (Å²) in [6, 6.07) is 2.71. The monoisotopic (exact) mass is 1030 g/mol. The number of amides is 6. The maximum atomic E-state index is 15.7. The van der Waals surface area contributed by atoms with E-state index < -0.39 is 71.6 Å². The molecule has 0 saturated heterocycles. The van der Waals surface area contributed by atoms with Crippen molar-refractivity contribution in [3.63, 3.8) is 0 Å². The van der Waals surface area contributed by atoms with Crippen LogP contribution in [0.3, 0.4) is 0 Å². The number of nitrogens with one attached hydrogen (secondary N) is 2. The molecule has 1 aliphatic rings. The topological polar surface area (TPSA) is 354 Å². The van der Waals surface area contributed by atoms with E-state index in [1.54, 1.807) is 6.07 Å². The molecule has 26 heteroatoms. The lowest BCUT2D eigenvalue weighted by Crippen LogP contribution is -2.76. The Balaban J connectivity index is 3.22. The summed E-state index contributed by atoms with van der Waals surface area (Å²) in [6.45, 7) is 11.7. The van der Waals surface area contributed by atoms with E-state index in [-0.39, 0.29) is 122 Å². The summed E-state index contributed by atoms with van der Waals surface area (Å²) < 4.78 is 59.3. The van der Waals surface area contributed by atoms with Gasteiger partial charge in [0, 0.05) is 26.9 Å². The smallest absolute Gasteiger partial charge is 0.422 e. The van der Waals surface area contributed by atoms with E-state index in [9.17, 15) is 9.59 Å². The number of benzene rings is 1. The summed E-state index contributed by atoms with van der Waals surface area (Å²) in [7, 11) is 0. The van der Waals surface area contributed by atoms with Gasteiger partial charge in [0.1, 0.15) is 36.5 Å². The largest absolute Gasteiger partial charge is 0.487 e. The van der Waals surface area contributed by atoms with Gasteiger partial charge in [-0.3, -0.25) is 29.2 Å². The normalized spacial score (nSPS) is 16.7. The van der Waals surface area contributed by atoms with Crippen LogP contribution in [0.5, 0.6) is 11.5 Å². The van der Waals surface area contributed by atoms with Gasteiger partial charge in [0.25, 0.3) is 11.8 Å². The zero-order valence-corrected chi connectivity index (χ0v) is 43.0. The van der Waals surface area contributed by atoms with Crippen LogP contribution in [0.4, 0.5) is 9.59 Å². The van der Waals surface area contributed by atoms with Crippen molar-refractivity contribution in [2.24, 2.45) is 32.9 Å². The van der Waals surface area contributed by atoms with Gasteiger partial charge in [0.05, 0.1) is 72.7 Å². The Morgan fingerprint density at radius 2 is 0.931 bits per heavy atom. The Labute approximate surface area is 421 Å². The van der Waals surface area contributed by atoms with Gasteiger partial charge >= 0.3 is 18.0 Å². The number of aliphatic imine (C=N–C) groups is 2. The number of imide groups is 2. The number of para-hydroxylation sites is 2. The predicted molar refractivity (Wildman–Crippen MR) is 261 cm³/mol. The minimum atomic E-state index is -3.16. The molecule has 1 aliphatic heterocycles. The molecule has 1 heterocycles. The third kappa shape index (κ3) is 24.4. The van der Waals surface area contributed by atoms with Crippen LogP contribution in [0.15, 0.2) is 34.3 Å². The Morgan fingerprint density at radius 3 is 1.28 bits per heavy atom. The number of carbonyl (C=O) groups excluding carboxylic acids is 6. The highest BCUT2D eigenvalue weighted by Crippen LogP contribution is 2.37. The lowest BCUT2D eigenvalue weighted by atomic mass is 10.1. The molecule has 2 atom stereocenters. The number of hydrogen-bond donors (Lipinski definition) is 6.